The molecule has 0 N–H and O–H groups in total. The van der Waals surface area contributed by atoms with E-state index in [9.17, 15) is 4.79 Å². The van der Waals surface area contributed by atoms with Crippen LogP contribution in [0, 0.1) is 6.92 Å². The Morgan fingerprint density at radius 1 is 0.933 bits per heavy atom. The summed E-state index contributed by atoms with van der Waals surface area (Å²) in [5.41, 5.74) is 2.91. The van der Waals surface area contributed by atoms with Gasteiger partial charge in [0.05, 0.1) is 12.7 Å². The van der Waals surface area contributed by atoms with E-state index in [1.54, 1.807) is 37.4 Å². The number of aryl methyl sites for hydroxylation is 1. The minimum absolute atomic E-state index is 0.227. The maximum absolute atomic E-state index is 12.6. The first-order valence-electron chi connectivity index (χ1n) is 9.25. The van der Waals surface area contributed by atoms with E-state index >= 15 is 0 Å². The summed E-state index contributed by atoms with van der Waals surface area (Å²) in [4.78, 5) is 12.6. The predicted octanol–water partition coefficient (Wildman–Crippen LogP) is 6.66. The van der Waals surface area contributed by atoms with Crippen LogP contribution in [0.2, 0.25) is 10.0 Å². The van der Waals surface area contributed by atoms with Gasteiger partial charge in [-0.3, -0.25) is 0 Å². The van der Waals surface area contributed by atoms with E-state index in [1.807, 2.05) is 37.3 Å². The monoisotopic (exact) mass is 440 g/mol. The lowest BCUT2D eigenvalue weighted by Crippen LogP contribution is -2.06. The van der Waals surface area contributed by atoms with Crippen molar-refractivity contribution >= 4 is 34.2 Å². The van der Waals surface area contributed by atoms with Gasteiger partial charge >= 0.3 is 5.63 Å². The van der Waals surface area contributed by atoms with Crippen LogP contribution in [-0.4, -0.2) is 7.11 Å². The third kappa shape index (κ3) is 3.89. The van der Waals surface area contributed by atoms with Crippen LogP contribution >= 0.6 is 23.2 Å². The molecule has 0 fully saturated rings. The van der Waals surface area contributed by atoms with Gasteiger partial charge in [0.25, 0.3) is 0 Å². The van der Waals surface area contributed by atoms with Crippen LogP contribution in [0.3, 0.4) is 0 Å². The molecule has 3 aromatic carbocycles. The van der Waals surface area contributed by atoms with Crippen LogP contribution in [0.5, 0.6) is 11.5 Å². The van der Waals surface area contributed by atoms with Gasteiger partial charge in [-0.05, 0) is 60.5 Å². The highest BCUT2D eigenvalue weighted by Crippen LogP contribution is 2.31. The molecular formula is C24H18Cl2O4. The molecule has 0 atom stereocenters. The topological polar surface area (TPSA) is 48.7 Å². The number of rotatable bonds is 5. The van der Waals surface area contributed by atoms with Crippen molar-refractivity contribution in [3.63, 3.8) is 0 Å². The summed E-state index contributed by atoms with van der Waals surface area (Å²) >= 11 is 12.4. The third-order valence-corrected chi connectivity index (χ3v) is 5.67. The summed E-state index contributed by atoms with van der Waals surface area (Å²) in [5.74, 6) is 1.34. The zero-order valence-electron chi connectivity index (χ0n) is 16.4. The number of fused-ring (bicyclic) bond motifs is 1. The van der Waals surface area contributed by atoms with Gasteiger partial charge in [-0.15, -0.1) is 0 Å². The molecule has 6 heteroatoms. The Balaban J connectivity index is 1.72. The van der Waals surface area contributed by atoms with Crippen molar-refractivity contribution in [1.82, 2.24) is 0 Å². The lowest BCUT2D eigenvalue weighted by Gasteiger charge is -2.12. The Bertz CT molecular complexity index is 1260. The van der Waals surface area contributed by atoms with E-state index in [4.69, 9.17) is 37.1 Å². The van der Waals surface area contributed by atoms with E-state index in [0.717, 1.165) is 27.8 Å². The van der Waals surface area contributed by atoms with E-state index in [0.29, 0.717) is 26.9 Å². The predicted molar refractivity (Wildman–Crippen MR) is 120 cm³/mol. The van der Waals surface area contributed by atoms with E-state index in [-0.39, 0.29) is 12.2 Å². The Morgan fingerprint density at radius 3 is 2.27 bits per heavy atom. The molecule has 0 aliphatic heterocycles. The Kier molecular flexibility index (Phi) is 5.71. The smallest absolute Gasteiger partial charge is 0.344 e. The average Bonchev–Trinajstić information content (AvgIpc) is 2.74. The molecule has 0 aliphatic rings. The van der Waals surface area contributed by atoms with Crippen molar-refractivity contribution in [2.24, 2.45) is 0 Å². The first-order valence-corrected chi connectivity index (χ1v) is 10.0. The molecule has 0 bridgehead atoms. The van der Waals surface area contributed by atoms with Gasteiger partial charge in [-0.2, -0.15) is 0 Å². The molecule has 30 heavy (non-hydrogen) atoms. The van der Waals surface area contributed by atoms with Gasteiger partial charge in [-0.25, -0.2) is 4.79 Å². The first-order chi connectivity index (χ1) is 14.5. The number of halogens is 2. The quantitative estimate of drug-likeness (QED) is 0.325. The summed E-state index contributed by atoms with van der Waals surface area (Å²) in [7, 11) is 1.60. The van der Waals surface area contributed by atoms with Crippen molar-refractivity contribution in [3.05, 3.63) is 92.3 Å². The van der Waals surface area contributed by atoms with Crippen LogP contribution in [0.15, 0.2) is 69.9 Å². The van der Waals surface area contributed by atoms with Crippen molar-refractivity contribution in [2.45, 2.75) is 13.5 Å². The molecule has 0 amide bonds. The fraction of sp³-hybridized carbons (Fsp3) is 0.125. The van der Waals surface area contributed by atoms with Gasteiger partial charge in [0, 0.05) is 21.0 Å². The number of methoxy groups -OCH3 is 1. The normalized spacial score (nSPS) is 10.9. The number of benzene rings is 3. The Labute approximate surface area is 183 Å². The van der Waals surface area contributed by atoms with Gasteiger partial charge in [0.1, 0.15) is 23.7 Å². The van der Waals surface area contributed by atoms with Crippen molar-refractivity contribution in [1.29, 1.82) is 0 Å². The lowest BCUT2D eigenvalue weighted by molar-refractivity contribution is 0.306. The van der Waals surface area contributed by atoms with E-state index < -0.39 is 0 Å². The molecule has 0 saturated heterocycles. The molecular weight excluding hydrogens is 423 g/mol. The van der Waals surface area contributed by atoms with Crippen molar-refractivity contribution in [3.8, 4) is 22.6 Å². The SMILES string of the molecule is COc1ccc(-c2c(C)c3cc(OCc4c(Cl)cccc4Cl)ccc3oc2=O)cc1. The van der Waals surface area contributed by atoms with Crippen LogP contribution in [0.1, 0.15) is 11.1 Å². The largest absolute Gasteiger partial charge is 0.497 e. The third-order valence-electron chi connectivity index (χ3n) is 4.96. The second kappa shape index (κ2) is 8.42. The van der Waals surface area contributed by atoms with E-state index in [2.05, 4.69) is 0 Å². The molecule has 1 heterocycles. The van der Waals surface area contributed by atoms with Gasteiger partial charge in [-0.1, -0.05) is 41.4 Å². The highest BCUT2D eigenvalue weighted by molar-refractivity contribution is 6.35. The Hall–Kier alpha value is -2.95. The molecule has 4 rings (SSSR count). The minimum atomic E-state index is -0.387. The number of hydrogen-bond acceptors (Lipinski definition) is 4. The summed E-state index contributed by atoms with van der Waals surface area (Å²) in [6, 6.07) is 18.0. The molecule has 152 valence electrons. The maximum Gasteiger partial charge on any atom is 0.344 e. The van der Waals surface area contributed by atoms with Gasteiger partial charge in [0.2, 0.25) is 0 Å². The summed E-state index contributed by atoms with van der Waals surface area (Å²) in [6.45, 7) is 2.12. The molecule has 0 saturated carbocycles. The molecule has 4 aromatic rings. The molecule has 1 aromatic heterocycles. The average molecular weight is 441 g/mol. The van der Waals surface area contributed by atoms with Gasteiger partial charge in [0.15, 0.2) is 0 Å². The lowest BCUT2D eigenvalue weighted by atomic mass is 9.99. The van der Waals surface area contributed by atoms with Crippen LogP contribution in [-0.2, 0) is 6.61 Å². The van der Waals surface area contributed by atoms with Crippen LogP contribution in [0.25, 0.3) is 22.1 Å². The number of hydrogen-bond donors (Lipinski definition) is 0. The minimum Gasteiger partial charge on any atom is -0.497 e. The fourth-order valence-electron chi connectivity index (χ4n) is 3.34. The van der Waals surface area contributed by atoms with E-state index in [1.165, 1.54) is 0 Å². The summed E-state index contributed by atoms with van der Waals surface area (Å²) in [5, 5.41) is 1.89. The Morgan fingerprint density at radius 2 is 1.60 bits per heavy atom. The summed E-state index contributed by atoms with van der Waals surface area (Å²) < 4.78 is 16.7. The maximum atomic E-state index is 12.6. The second-order valence-corrected chi connectivity index (χ2v) is 7.58. The standard InChI is InChI=1S/C24H18Cl2O4/c1-14-18-12-17(29-13-19-20(25)4-3-5-21(19)26)10-11-22(18)30-24(27)23(14)15-6-8-16(28-2)9-7-15/h3-12H,13H2,1-2H3. The molecule has 0 unspecified atom stereocenters. The molecule has 0 aliphatic carbocycles. The zero-order valence-corrected chi connectivity index (χ0v) is 17.9. The van der Waals surface area contributed by atoms with Crippen molar-refractivity contribution < 1.29 is 13.9 Å². The fourth-order valence-corrected chi connectivity index (χ4v) is 3.84. The highest BCUT2D eigenvalue weighted by atomic mass is 35.5. The molecule has 0 radical (unpaired) electrons. The molecule has 4 nitrogen and oxygen atoms in total. The van der Waals surface area contributed by atoms with Crippen molar-refractivity contribution in [2.75, 3.05) is 7.11 Å². The van der Waals surface area contributed by atoms with Crippen LogP contribution < -0.4 is 15.1 Å². The van der Waals surface area contributed by atoms with Gasteiger partial charge < -0.3 is 13.9 Å². The zero-order chi connectivity index (χ0) is 21.3. The summed E-state index contributed by atoms with van der Waals surface area (Å²) in [6.07, 6.45) is 0. The van der Waals surface area contributed by atoms with Crippen LogP contribution in [0.4, 0.5) is 0 Å². The first kappa shape index (κ1) is 20.3. The second-order valence-electron chi connectivity index (χ2n) is 6.76. The number of ether oxygens (including phenoxy) is 2. The highest BCUT2D eigenvalue weighted by Gasteiger charge is 2.15. The molecule has 0 spiro atoms.